The summed E-state index contributed by atoms with van der Waals surface area (Å²) < 4.78 is 77.9. The fourth-order valence-corrected chi connectivity index (χ4v) is 3.06. The van der Waals surface area contributed by atoms with Gasteiger partial charge in [-0.15, -0.1) is 0 Å². The van der Waals surface area contributed by atoms with Gasteiger partial charge in [-0.1, -0.05) is 12.1 Å². The molecular formula is C21H18F5N5O2. The molecule has 12 heteroatoms. The summed E-state index contributed by atoms with van der Waals surface area (Å²) in [5.41, 5.74) is -5.27. The number of hydrazine groups is 1. The number of hydrogen-bond acceptors (Lipinski definition) is 6. The van der Waals surface area contributed by atoms with Crippen molar-refractivity contribution < 1.29 is 31.8 Å². The van der Waals surface area contributed by atoms with Crippen molar-refractivity contribution >= 4 is 6.34 Å². The standard InChI is InChI=1S/C21H18F5N5O2/c22-13-5-7-15(17(24)9-13)20(32,11-31(28)12-30-27)21(25,26)19-8-6-14(10-29-19)33-18-4-2-1-3-16(18)23/h1-10,12,32H,11,27-28H2/b30-12-. The largest absolute Gasteiger partial charge is 0.453 e. The Morgan fingerprint density at radius 2 is 1.79 bits per heavy atom. The molecule has 0 saturated carbocycles. The highest BCUT2D eigenvalue weighted by atomic mass is 19.3. The first kappa shape index (κ1) is 23.9. The van der Waals surface area contributed by atoms with E-state index in [4.69, 9.17) is 16.4 Å². The second kappa shape index (κ2) is 9.38. The van der Waals surface area contributed by atoms with Crippen LogP contribution in [0.5, 0.6) is 11.5 Å². The highest BCUT2D eigenvalue weighted by molar-refractivity contribution is 5.53. The van der Waals surface area contributed by atoms with Gasteiger partial charge >= 0.3 is 5.92 Å². The number of nitrogens with two attached hydrogens (primary N) is 2. The predicted octanol–water partition coefficient (Wildman–Crippen LogP) is 3.35. The Kier molecular flexibility index (Phi) is 6.79. The van der Waals surface area contributed by atoms with Crippen molar-refractivity contribution in [2.24, 2.45) is 16.8 Å². The number of aliphatic hydroxyl groups is 1. The monoisotopic (exact) mass is 467 g/mol. The van der Waals surface area contributed by atoms with Gasteiger partial charge in [0.2, 0.25) is 0 Å². The van der Waals surface area contributed by atoms with E-state index in [0.29, 0.717) is 23.2 Å². The molecule has 0 radical (unpaired) electrons. The lowest BCUT2D eigenvalue weighted by Gasteiger charge is -2.37. The minimum Gasteiger partial charge on any atom is -0.453 e. The molecule has 0 fully saturated rings. The summed E-state index contributed by atoms with van der Waals surface area (Å²) in [4.78, 5) is 3.60. The molecule has 7 nitrogen and oxygen atoms in total. The van der Waals surface area contributed by atoms with Crippen molar-refractivity contribution in [2.45, 2.75) is 11.5 Å². The van der Waals surface area contributed by atoms with Crippen LogP contribution < -0.4 is 16.4 Å². The third kappa shape index (κ3) is 4.86. The van der Waals surface area contributed by atoms with Crippen LogP contribution in [0.3, 0.4) is 0 Å². The molecule has 2 aromatic carbocycles. The van der Waals surface area contributed by atoms with E-state index in [1.54, 1.807) is 0 Å². The molecule has 174 valence electrons. The SMILES string of the molecule is N/N=C\N(N)CC(O)(c1ccc(F)cc1F)C(F)(F)c1ccc(Oc2ccccc2F)cn1. The molecule has 5 N–H and O–H groups in total. The molecule has 1 unspecified atom stereocenters. The maximum absolute atomic E-state index is 15.6. The van der Waals surface area contributed by atoms with Gasteiger partial charge in [-0.05, 0) is 36.4 Å². The summed E-state index contributed by atoms with van der Waals surface area (Å²) >= 11 is 0. The summed E-state index contributed by atoms with van der Waals surface area (Å²) in [6.45, 7) is -1.10. The first-order chi connectivity index (χ1) is 15.6. The number of hydrazone groups is 1. The van der Waals surface area contributed by atoms with E-state index >= 15 is 8.78 Å². The zero-order chi connectivity index (χ0) is 24.2. The lowest BCUT2D eigenvalue weighted by atomic mass is 9.84. The van der Waals surface area contributed by atoms with Crippen LogP contribution in [0, 0.1) is 17.5 Å². The summed E-state index contributed by atoms with van der Waals surface area (Å²) in [5, 5.41) is 14.6. The van der Waals surface area contributed by atoms with E-state index in [-0.39, 0.29) is 11.5 Å². The van der Waals surface area contributed by atoms with Gasteiger partial charge in [-0.2, -0.15) is 13.9 Å². The van der Waals surface area contributed by atoms with Crippen molar-refractivity contribution in [3.05, 3.63) is 89.5 Å². The fourth-order valence-electron chi connectivity index (χ4n) is 3.06. The molecule has 0 saturated heterocycles. The maximum Gasteiger partial charge on any atom is 0.323 e. The van der Waals surface area contributed by atoms with Crippen molar-refractivity contribution in [3.8, 4) is 11.5 Å². The number of hydrogen-bond donors (Lipinski definition) is 3. The number of para-hydroxylation sites is 1. The third-order valence-corrected chi connectivity index (χ3v) is 4.65. The van der Waals surface area contributed by atoms with E-state index in [1.165, 1.54) is 18.2 Å². The second-order valence-electron chi connectivity index (χ2n) is 6.91. The lowest BCUT2D eigenvalue weighted by Crippen LogP contribution is -2.53. The van der Waals surface area contributed by atoms with Crippen LogP contribution in [0.25, 0.3) is 0 Å². The number of ether oxygens (including phenoxy) is 1. The average Bonchev–Trinajstić information content (AvgIpc) is 2.75. The van der Waals surface area contributed by atoms with Gasteiger partial charge < -0.3 is 15.7 Å². The van der Waals surface area contributed by atoms with Gasteiger partial charge in [0.05, 0.1) is 12.7 Å². The van der Waals surface area contributed by atoms with Crippen LogP contribution >= 0.6 is 0 Å². The zero-order valence-electron chi connectivity index (χ0n) is 16.8. The minimum atomic E-state index is -4.26. The average molecular weight is 467 g/mol. The van der Waals surface area contributed by atoms with E-state index in [2.05, 4.69) is 10.1 Å². The number of alkyl halides is 2. The van der Waals surface area contributed by atoms with E-state index in [1.807, 2.05) is 0 Å². The van der Waals surface area contributed by atoms with Crippen LogP contribution in [-0.2, 0) is 11.5 Å². The Balaban J connectivity index is 2.01. The molecule has 0 bridgehead atoms. The Morgan fingerprint density at radius 1 is 1.06 bits per heavy atom. The van der Waals surface area contributed by atoms with Crippen LogP contribution in [-0.4, -0.2) is 28.0 Å². The number of nitrogens with zero attached hydrogens (tertiary/aromatic N) is 3. The third-order valence-electron chi connectivity index (χ3n) is 4.65. The molecule has 0 amide bonds. The maximum atomic E-state index is 15.6. The number of aromatic nitrogens is 1. The van der Waals surface area contributed by atoms with Crippen molar-refractivity contribution in [1.82, 2.24) is 9.99 Å². The molecule has 3 rings (SSSR count). The normalized spacial score (nSPS) is 13.7. The summed E-state index contributed by atoms with van der Waals surface area (Å²) in [7, 11) is 0. The lowest BCUT2D eigenvalue weighted by molar-refractivity contribution is -0.203. The molecule has 1 aromatic heterocycles. The first-order valence-electron chi connectivity index (χ1n) is 9.28. The summed E-state index contributed by atoms with van der Waals surface area (Å²) in [6, 6.07) is 9.00. The van der Waals surface area contributed by atoms with Gasteiger partial charge in [-0.25, -0.2) is 19.0 Å². The van der Waals surface area contributed by atoms with E-state index < -0.39 is 46.8 Å². The number of rotatable bonds is 8. The van der Waals surface area contributed by atoms with Crippen LogP contribution in [0.4, 0.5) is 22.0 Å². The number of halogens is 5. The van der Waals surface area contributed by atoms with E-state index in [9.17, 15) is 18.3 Å². The minimum absolute atomic E-state index is 0.0770. The fraction of sp³-hybridized carbons (Fsp3) is 0.143. The molecular weight excluding hydrogens is 449 g/mol. The van der Waals surface area contributed by atoms with Gasteiger partial charge in [-0.3, -0.25) is 9.99 Å². The van der Waals surface area contributed by atoms with Crippen LogP contribution in [0.15, 0.2) is 65.9 Å². The molecule has 1 heterocycles. The topological polar surface area (TPSA) is 110 Å². The van der Waals surface area contributed by atoms with Crippen LogP contribution in [0.2, 0.25) is 0 Å². The quantitative estimate of drug-likeness (QED) is 0.154. The second-order valence-corrected chi connectivity index (χ2v) is 6.91. The zero-order valence-corrected chi connectivity index (χ0v) is 16.8. The van der Waals surface area contributed by atoms with E-state index in [0.717, 1.165) is 30.7 Å². The van der Waals surface area contributed by atoms with Crippen molar-refractivity contribution in [2.75, 3.05) is 6.54 Å². The molecule has 0 aliphatic heterocycles. The van der Waals surface area contributed by atoms with Crippen molar-refractivity contribution in [3.63, 3.8) is 0 Å². The predicted molar refractivity (Wildman–Crippen MR) is 108 cm³/mol. The summed E-state index contributed by atoms with van der Waals surface area (Å²) in [6.07, 6.45) is 1.60. The van der Waals surface area contributed by atoms with Gasteiger partial charge in [0.1, 0.15) is 29.4 Å². The highest BCUT2D eigenvalue weighted by Gasteiger charge is 2.58. The smallest absolute Gasteiger partial charge is 0.323 e. The van der Waals surface area contributed by atoms with Crippen molar-refractivity contribution in [1.29, 1.82) is 0 Å². The molecule has 1 atom stereocenters. The Labute approximate surface area is 184 Å². The summed E-state index contributed by atoms with van der Waals surface area (Å²) in [5.74, 6) is 2.82. The van der Waals surface area contributed by atoms with Gasteiger partial charge in [0.25, 0.3) is 0 Å². The Hall–Kier alpha value is -3.77. The molecule has 0 aliphatic carbocycles. The highest BCUT2D eigenvalue weighted by Crippen LogP contribution is 2.46. The van der Waals surface area contributed by atoms with Gasteiger partial charge in [0, 0.05) is 11.6 Å². The number of pyridine rings is 1. The Bertz CT molecular complexity index is 1150. The van der Waals surface area contributed by atoms with Crippen LogP contribution in [0.1, 0.15) is 11.3 Å². The van der Waals surface area contributed by atoms with Gasteiger partial charge in [0.15, 0.2) is 17.2 Å². The molecule has 3 aromatic rings. The molecule has 0 aliphatic rings. The molecule has 33 heavy (non-hydrogen) atoms. The molecule has 0 spiro atoms. The number of benzene rings is 2. The Morgan fingerprint density at radius 3 is 2.39 bits per heavy atom. The first-order valence-corrected chi connectivity index (χ1v) is 9.28.